The lowest BCUT2D eigenvalue weighted by atomic mass is 10.1. The van der Waals surface area contributed by atoms with Gasteiger partial charge in [0, 0.05) is 37.5 Å². The molecule has 1 aliphatic heterocycles. The fraction of sp³-hybridized carbons (Fsp3) is 0.435. The van der Waals surface area contributed by atoms with Crippen LogP contribution in [0.1, 0.15) is 36.5 Å². The maximum Gasteiger partial charge on any atom is 0.227 e. The van der Waals surface area contributed by atoms with Crippen molar-refractivity contribution in [1.29, 1.82) is 0 Å². The molecule has 1 amide bonds. The Morgan fingerprint density at radius 1 is 1.07 bits per heavy atom. The molecule has 3 aromatic rings. The van der Waals surface area contributed by atoms with Gasteiger partial charge in [0.05, 0.1) is 11.8 Å². The summed E-state index contributed by atoms with van der Waals surface area (Å²) in [6.45, 7) is 7.46. The van der Waals surface area contributed by atoms with Gasteiger partial charge in [0.15, 0.2) is 0 Å². The Labute approximate surface area is 176 Å². The lowest BCUT2D eigenvalue weighted by Crippen LogP contribution is -2.49. The van der Waals surface area contributed by atoms with Crippen molar-refractivity contribution in [2.24, 2.45) is 0 Å². The molecular formula is C23H28N4OS. The van der Waals surface area contributed by atoms with Crippen molar-refractivity contribution in [3.8, 4) is 0 Å². The second-order valence-electron chi connectivity index (χ2n) is 7.53. The molecule has 0 N–H and O–H groups in total. The van der Waals surface area contributed by atoms with E-state index in [-0.39, 0.29) is 5.91 Å². The fourth-order valence-electron chi connectivity index (χ4n) is 3.80. The Bertz CT molecular complexity index is 977. The fourth-order valence-corrected chi connectivity index (χ4v) is 4.78. The predicted molar refractivity (Wildman–Crippen MR) is 120 cm³/mol. The number of anilines is 1. The molecule has 1 saturated heterocycles. The first-order valence-electron chi connectivity index (χ1n) is 10.5. The number of piperazine rings is 1. The molecule has 6 heteroatoms. The number of aryl methyl sites for hydroxylation is 2. The van der Waals surface area contributed by atoms with Crippen LogP contribution in [0.4, 0.5) is 5.82 Å². The summed E-state index contributed by atoms with van der Waals surface area (Å²) in [6, 6.07) is 12.2. The molecular weight excluding hydrogens is 380 g/mol. The quantitative estimate of drug-likeness (QED) is 0.616. The normalized spacial score (nSPS) is 14.6. The van der Waals surface area contributed by atoms with Crippen LogP contribution < -0.4 is 4.90 Å². The highest BCUT2D eigenvalue weighted by atomic mass is 32.1. The van der Waals surface area contributed by atoms with Gasteiger partial charge >= 0.3 is 0 Å². The van der Waals surface area contributed by atoms with Crippen molar-refractivity contribution in [2.45, 2.75) is 39.5 Å². The van der Waals surface area contributed by atoms with E-state index in [2.05, 4.69) is 24.8 Å². The highest BCUT2D eigenvalue weighted by Gasteiger charge is 2.24. The first-order valence-corrected chi connectivity index (χ1v) is 11.4. The molecule has 0 atom stereocenters. The van der Waals surface area contributed by atoms with Gasteiger partial charge in [0.2, 0.25) is 5.91 Å². The van der Waals surface area contributed by atoms with Crippen molar-refractivity contribution < 1.29 is 4.79 Å². The van der Waals surface area contributed by atoms with Crippen molar-refractivity contribution >= 4 is 33.3 Å². The van der Waals surface area contributed by atoms with E-state index in [1.165, 1.54) is 4.88 Å². The Kier molecular flexibility index (Phi) is 6.09. The summed E-state index contributed by atoms with van der Waals surface area (Å²) in [5.74, 6) is 2.19. The number of aromatic nitrogens is 2. The third kappa shape index (κ3) is 4.42. The summed E-state index contributed by atoms with van der Waals surface area (Å²) < 4.78 is 0. The number of fused-ring (bicyclic) bond motifs is 1. The molecule has 5 nitrogen and oxygen atoms in total. The molecule has 1 fully saturated rings. The molecule has 0 bridgehead atoms. The van der Waals surface area contributed by atoms with Crippen molar-refractivity contribution in [3.63, 3.8) is 0 Å². The first kappa shape index (κ1) is 19.8. The zero-order chi connectivity index (χ0) is 20.2. The molecule has 2 aromatic heterocycles. The van der Waals surface area contributed by atoms with Gasteiger partial charge < -0.3 is 9.80 Å². The zero-order valence-corrected chi connectivity index (χ0v) is 18.0. The summed E-state index contributed by atoms with van der Waals surface area (Å²) in [7, 11) is 0. The van der Waals surface area contributed by atoms with Gasteiger partial charge in [-0.3, -0.25) is 4.79 Å². The zero-order valence-electron chi connectivity index (χ0n) is 17.2. The first-order chi connectivity index (χ1) is 14.2. The molecule has 3 heterocycles. The third-order valence-electron chi connectivity index (χ3n) is 5.42. The van der Waals surface area contributed by atoms with E-state index in [0.717, 1.165) is 72.9 Å². The van der Waals surface area contributed by atoms with E-state index >= 15 is 0 Å². The maximum absolute atomic E-state index is 12.7. The maximum atomic E-state index is 12.7. The van der Waals surface area contributed by atoms with Crippen LogP contribution in [0, 0.1) is 0 Å². The summed E-state index contributed by atoms with van der Waals surface area (Å²) in [5.41, 5.74) is 1.08. The number of amides is 1. The summed E-state index contributed by atoms with van der Waals surface area (Å²) in [5, 5.41) is 1.16. The number of thiophene rings is 1. The number of hydrogen-bond donors (Lipinski definition) is 0. The minimum Gasteiger partial charge on any atom is -0.352 e. The molecule has 0 saturated carbocycles. The number of carbonyl (C=O) groups excluding carboxylic acids is 1. The van der Waals surface area contributed by atoms with Crippen molar-refractivity contribution in [2.75, 3.05) is 31.1 Å². The second-order valence-corrected chi connectivity index (χ2v) is 8.64. The third-order valence-corrected chi connectivity index (χ3v) is 6.60. The molecule has 29 heavy (non-hydrogen) atoms. The number of hydrogen-bond acceptors (Lipinski definition) is 5. The molecule has 152 valence electrons. The van der Waals surface area contributed by atoms with E-state index in [4.69, 9.17) is 9.97 Å². The SMILES string of the molecule is CCCc1nc(N2CCN(C(=O)Cc3ccccc3)CC2)c2cc(CC)sc2n1. The number of nitrogens with zero attached hydrogens (tertiary/aromatic N) is 4. The number of rotatable bonds is 6. The Morgan fingerprint density at radius 2 is 1.83 bits per heavy atom. The largest absolute Gasteiger partial charge is 0.352 e. The smallest absolute Gasteiger partial charge is 0.227 e. The summed E-state index contributed by atoms with van der Waals surface area (Å²) >= 11 is 1.78. The van der Waals surface area contributed by atoms with Gasteiger partial charge in [-0.1, -0.05) is 44.2 Å². The van der Waals surface area contributed by atoms with Crippen LogP contribution in [0.15, 0.2) is 36.4 Å². The highest BCUT2D eigenvalue weighted by molar-refractivity contribution is 7.18. The van der Waals surface area contributed by atoms with E-state index in [9.17, 15) is 4.79 Å². The van der Waals surface area contributed by atoms with Crippen LogP contribution in [0.3, 0.4) is 0 Å². The minimum atomic E-state index is 0.208. The molecule has 0 unspecified atom stereocenters. The van der Waals surface area contributed by atoms with Crippen molar-refractivity contribution in [3.05, 3.63) is 52.7 Å². The molecule has 1 aliphatic rings. The lowest BCUT2D eigenvalue weighted by Gasteiger charge is -2.36. The van der Waals surface area contributed by atoms with Gasteiger partial charge in [-0.25, -0.2) is 9.97 Å². The van der Waals surface area contributed by atoms with Crippen LogP contribution in [0.2, 0.25) is 0 Å². The Hall–Kier alpha value is -2.47. The average molecular weight is 409 g/mol. The Morgan fingerprint density at radius 3 is 2.52 bits per heavy atom. The van der Waals surface area contributed by atoms with Crippen LogP contribution in [0.25, 0.3) is 10.2 Å². The van der Waals surface area contributed by atoms with Crippen LogP contribution in [-0.4, -0.2) is 47.0 Å². The molecule has 0 spiro atoms. The van der Waals surface area contributed by atoms with Gasteiger partial charge in [0.1, 0.15) is 16.5 Å². The van der Waals surface area contributed by atoms with E-state index in [1.807, 2.05) is 35.2 Å². The Balaban J connectivity index is 1.49. The van der Waals surface area contributed by atoms with E-state index in [1.54, 1.807) is 11.3 Å². The average Bonchev–Trinajstić information content (AvgIpc) is 3.17. The van der Waals surface area contributed by atoms with Gasteiger partial charge in [-0.05, 0) is 24.5 Å². The lowest BCUT2D eigenvalue weighted by molar-refractivity contribution is -0.130. The summed E-state index contributed by atoms with van der Waals surface area (Å²) in [4.78, 5) is 29.2. The van der Waals surface area contributed by atoms with Crippen LogP contribution >= 0.6 is 11.3 Å². The molecule has 0 aliphatic carbocycles. The molecule has 1 aromatic carbocycles. The van der Waals surface area contributed by atoms with Crippen LogP contribution in [0.5, 0.6) is 0 Å². The van der Waals surface area contributed by atoms with E-state index in [0.29, 0.717) is 6.42 Å². The van der Waals surface area contributed by atoms with E-state index < -0.39 is 0 Å². The van der Waals surface area contributed by atoms with Gasteiger partial charge in [0.25, 0.3) is 0 Å². The summed E-state index contributed by atoms with van der Waals surface area (Å²) in [6.07, 6.45) is 3.44. The van der Waals surface area contributed by atoms with Gasteiger partial charge in [-0.15, -0.1) is 11.3 Å². The molecule has 0 radical (unpaired) electrons. The van der Waals surface area contributed by atoms with Gasteiger partial charge in [-0.2, -0.15) is 0 Å². The second kappa shape index (κ2) is 8.91. The van der Waals surface area contributed by atoms with Crippen molar-refractivity contribution in [1.82, 2.24) is 14.9 Å². The number of benzene rings is 1. The monoisotopic (exact) mass is 408 g/mol. The predicted octanol–water partition coefficient (Wildman–Crippen LogP) is 4.10. The highest BCUT2D eigenvalue weighted by Crippen LogP contribution is 2.32. The van der Waals surface area contributed by atoms with Crippen LogP contribution in [-0.2, 0) is 24.1 Å². The standard InChI is InChI=1S/C23H28N4OS/c1-3-8-20-24-22(19-16-18(4-2)29-23(19)25-20)27-13-11-26(12-14-27)21(28)15-17-9-6-5-7-10-17/h5-7,9-10,16H,3-4,8,11-15H2,1-2H3. The topological polar surface area (TPSA) is 49.3 Å². The molecule has 4 rings (SSSR count). The number of carbonyl (C=O) groups is 1. The minimum absolute atomic E-state index is 0.208.